The van der Waals surface area contributed by atoms with E-state index in [0.29, 0.717) is 52.0 Å². The Hall–Kier alpha value is -2.94. The number of Topliss-reactive ketones (excluding diaryl/α,β-unsaturated/α-hetero) is 1. The van der Waals surface area contributed by atoms with E-state index in [1.54, 1.807) is 4.90 Å². The monoisotopic (exact) mass is 500 g/mol. The van der Waals surface area contributed by atoms with Gasteiger partial charge in [-0.15, -0.1) is 0 Å². The lowest BCUT2D eigenvalue weighted by molar-refractivity contribution is -0.141. The van der Waals surface area contributed by atoms with Crippen molar-refractivity contribution >= 4 is 23.6 Å². The highest BCUT2D eigenvalue weighted by molar-refractivity contribution is 6.38. The van der Waals surface area contributed by atoms with Crippen molar-refractivity contribution in [1.29, 1.82) is 0 Å². The molecule has 36 heavy (non-hydrogen) atoms. The molecule has 9 nitrogen and oxygen atoms in total. The first-order valence-corrected chi connectivity index (χ1v) is 13.2. The van der Waals surface area contributed by atoms with Crippen molar-refractivity contribution in [3.63, 3.8) is 0 Å². The molecule has 3 rings (SSSR count). The third-order valence-corrected chi connectivity index (χ3v) is 7.13. The van der Waals surface area contributed by atoms with Crippen molar-refractivity contribution in [2.45, 2.75) is 82.8 Å². The first-order valence-electron chi connectivity index (χ1n) is 13.2. The Labute approximate surface area is 213 Å². The van der Waals surface area contributed by atoms with E-state index in [1.807, 2.05) is 44.2 Å². The van der Waals surface area contributed by atoms with Crippen molar-refractivity contribution in [3.8, 4) is 0 Å². The van der Waals surface area contributed by atoms with Crippen LogP contribution in [0.5, 0.6) is 0 Å². The van der Waals surface area contributed by atoms with Gasteiger partial charge < -0.3 is 25.6 Å². The van der Waals surface area contributed by atoms with Gasteiger partial charge in [-0.2, -0.15) is 0 Å². The fraction of sp³-hybridized carbons (Fsp3) is 0.630. The largest absolute Gasteiger partial charge is 0.378 e. The van der Waals surface area contributed by atoms with Crippen molar-refractivity contribution < 1.29 is 23.9 Å². The summed E-state index contributed by atoms with van der Waals surface area (Å²) in [5, 5.41) is 8.61. The summed E-state index contributed by atoms with van der Waals surface area (Å²) in [6, 6.07) is 7.82. The lowest BCUT2D eigenvalue weighted by Crippen LogP contribution is -2.64. The minimum absolute atomic E-state index is 0.291. The number of hydrogen-bond acceptors (Lipinski definition) is 5. The minimum atomic E-state index is -1.09. The molecule has 1 aliphatic heterocycles. The van der Waals surface area contributed by atoms with E-state index in [0.717, 1.165) is 31.2 Å². The summed E-state index contributed by atoms with van der Waals surface area (Å²) >= 11 is 0. The van der Waals surface area contributed by atoms with Gasteiger partial charge in [0.15, 0.2) is 0 Å². The molecular formula is C27H40N4O5. The number of carbonyl (C=O) groups is 4. The Bertz CT molecular complexity index is 895. The average molecular weight is 501 g/mol. The maximum atomic E-state index is 13.6. The first-order chi connectivity index (χ1) is 17.4. The molecule has 3 N–H and O–H groups in total. The van der Waals surface area contributed by atoms with Crippen molar-refractivity contribution in [3.05, 3.63) is 35.9 Å². The molecule has 1 saturated heterocycles. The topological polar surface area (TPSA) is 117 Å². The number of hydrogen-bond donors (Lipinski definition) is 3. The summed E-state index contributed by atoms with van der Waals surface area (Å²) in [6.07, 6.45) is 5.47. The highest BCUT2D eigenvalue weighted by Gasteiger charge is 2.43. The summed E-state index contributed by atoms with van der Waals surface area (Å²) in [7, 11) is 0. The van der Waals surface area contributed by atoms with Crippen LogP contribution in [-0.2, 0) is 19.1 Å². The molecule has 9 heteroatoms. The lowest BCUT2D eigenvalue weighted by Gasteiger charge is -2.39. The maximum absolute atomic E-state index is 13.6. The highest BCUT2D eigenvalue weighted by atomic mass is 16.5. The Morgan fingerprint density at radius 3 is 2.31 bits per heavy atom. The number of carbonyl (C=O) groups excluding carboxylic acids is 4. The van der Waals surface area contributed by atoms with Crippen LogP contribution in [0.25, 0.3) is 0 Å². The number of rotatable bonds is 10. The molecule has 2 atom stereocenters. The lowest BCUT2D eigenvalue weighted by atomic mass is 9.80. The number of benzene rings is 1. The molecule has 1 heterocycles. The summed E-state index contributed by atoms with van der Waals surface area (Å²) in [6.45, 7) is 5.69. The van der Waals surface area contributed by atoms with E-state index in [2.05, 4.69) is 16.0 Å². The van der Waals surface area contributed by atoms with Crippen LogP contribution >= 0.6 is 0 Å². The molecule has 1 aliphatic carbocycles. The molecule has 0 bridgehead atoms. The van der Waals surface area contributed by atoms with Gasteiger partial charge in [0.05, 0.1) is 25.3 Å². The predicted molar refractivity (Wildman–Crippen MR) is 136 cm³/mol. The molecule has 2 aliphatic rings. The van der Waals surface area contributed by atoms with Gasteiger partial charge in [0.25, 0.3) is 5.91 Å². The van der Waals surface area contributed by atoms with Crippen LogP contribution in [0.1, 0.15) is 76.8 Å². The number of nitrogens with one attached hydrogen (secondary N) is 3. The van der Waals surface area contributed by atoms with E-state index < -0.39 is 23.3 Å². The standard InChI is InChI=1S/C27H40N4O5/c1-3-4-13-22(23(32)24(33)28-20(2)21-11-7-5-8-12-21)29-25(34)27(14-9-6-10-15-27)30-26(35)31-16-18-36-19-17-31/h5,7-8,11-12,20,22H,3-4,6,9-10,13-19H2,1-2H3,(H,28,33)(H,29,34)(H,30,35)/t20-,22-/m0/s1. The molecule has 1 aromatic carbocycles. The van der Waals surface area contributed by atoms with Gasteiger partial charge in [0, 0.05) is 13.1 Å². The van der Waals surface area contributed by atoms with Gasteiger partial charge in [-0.05, 0) is 31.7 Å². The zero-order chi connectivity index (χ0) is 26.0. The second-order valence-corrected chi connectivity index (χ2v) is 9.81. The van der Waals surface area contributed by atoms with Crippen molar-refractivity contribution in [2.24, 2.45) is 0 Å². The van der Waals surface area contributed by atoms with E-state index in [4.69, 9.17) is 4.74 Å². The quantitative estimate of drug-likeness (QED) is 0.427. The van der Waals surface area contributed by atoms with Gasteiger partial charge in [0.1, 0.15) is 5.54 Å². The Balaban J connectivity index is 1.70. The molecule has 2 fully saturated rings. The number of ether oxygens (including phenoxy) is 1. The van der Waals surface area contributed by atoms with Crippen LogP contribution in [0, 0.1) is 0 Å². The van der Waals surface area contributed by atoms with Crippen LogP contribution in [0.15, 0.2) is 30.3 Å². The van der Waals surface area contributed by atoms with Crippen molar-refractivity contribution in [1.82, 2.24) is 20.9 Å². The second-order valence-electron chi connectivity index (χ2n) is 9.81. The smallest absolute Gasteiger partial charge is 0.318 e. The summed E-state index contributed by atoms with van der Waals surface area (Å²) in [5.74, 6) is -1.77. The van der Waals surface area contributed by atoms with Gasteiger partial charge in [-0.3, -0.25) is 14.4 Å². The molecule has 1 saturated carbocycles. The van der Waals surface area contributed by atoms with Gasteiger partial charge in [-0.1, -0.05) is 69.4 Å². The molecule has 0 spiro atoms. The number of ketones is 1. The van der Waals surface area contributed by atoms with Crippen LogP contribution in [-0.4, -0.2) is 66.4 Å². The van der Waals surface area contributed by atoms with Crippen LogP contribution < -0.4 is 16.0 Å². The molecule has 0 radical (unpaired) electrons. The van der Waals surface area contributed by atoms with Crippen LogP contribution in [0.4, 0.5) is 4.79 Å². The number of morpholine rings is 1. The maximum Gasteiger partial charge on any atom is 0.318 e. The molecule has 0 aromatic heterocycles. The Morgan fingerprint density at radius 2 is 1.67 bits per heavy atom. The van der Waals surface area contributed by atoms with E-state index in [-0.39, 0.29) is 18.0 Å². The zero-order valence-electron chi connectivity index (χ0n) is 21.5. The van der Waals surface area contributed by atoms with E-state index in [9.17, 15) is 19.2 Å². The second kappa shape index (κ2) is 13.4. The SMILES string of the molecule is CCCC[C@H](NC(=O)C1(NC(=O)N2CCOCC2)CCCCC1)C(=O)C(=O)N[C@@H](C)c1ccccc1. The third kappa shape index (κ3) is 7.29. The number of nitrogens with zero attached hydrogens (tertiary/aromatic N) is 1. The molecule has 198 valence electrons. The molecule has 1 aromatic rings. The zero-order valence-corrected chi connectivity index (χ0v) is 21.5. The van der Waals surface area contributed by atoms with Crippen LogP contribution in [0.3, 0.4) is 0 Å². The van der Waals surface area contributed by atoms with E-state index in [1.165, 1.54) is 0 Å². The van der Waals surface area contributed by atoms with Gasteiger partial charge in [0.2, 0.25) is 11.7 Å². The van der Waals surface area contributed by atoms with Gasteiger partial charge >= 0.3 is 6.03 Å². The molecule has 0 unspecified atom stereocenters. The number of urea groups is 1. The average Bonchev–Trinajstić information content (AvgIpc) is 2.91. The van der Waals surface area contributed by atoms with Crippen LogP contribution in [0.2, 0.25) is 0 Å². The van der Waals surface area contributed by atoms with E-state index >= 15 is 0 Å². The van der Waals surface area contributed by atoms with Crippen molar-refractivity contribution in [2.75, 3.05) is 26.3 Å². The van der Waals surface area contributed by atoms with Gasteiger partial charge in [-0.25, -0.2) is 4.79 Å². The summed E-state index contributed by atoms with van der Waals surface area (Å²) in [5.41, 5.74) is -0.202. The molecular weight excluding hydrogens is 460 g/mol. The Kier molecular flexibility index (Phi) is 10.3. The normalized spacial score (nSPS) is 19.0. The minimum Gasteiger partial charge on any atom is -0.378 e. The molecule has 4 amide bonds. The third-order valence-electron chi connectivity index (χ3n) is 7.13. The summed E-state index contributed by atoms with van der Waals surface area (Å²) in [4.78, 5) is 54.3. The predicted octanol–water partition coefficient (Wildman–Crippen LogP) is 2.85. The Morgan fingerprint density at radius 1 is 1.00 bits per heavy atom. The number of amides is 4. The summed E-state index contributed by atoms with van der Waals surface area (Å²) < 4.78 is 5.33. The fourth-order valence-corrected chi connectivity index (χ4v) is 4.84. The first kappa shape index (κ1) is 27.6. The number of unbranched alkanes of at least 4 members (excludes halogenated alkanes) is 1. The fourth-order valence-electron chi connectivity index (χ4n) is 4.84. The highest BCUT2D eigenvalue weighted by Crippen LogP contribution is 2.29.